The van der Waals surface area contributed by atoms with Gasteiger partial charge in [-0.15, -0.1) is 0 Å². The van der Waals surface area contributed by atoms with Crippen molar-refractivity contribution in [1.82, 2.24) is 0 Å². The van der Waals surface area contributed by atoms with Gasteiger partial charge in [-0.3, -0.25) is 9.59 Å². The van der Waals surface area contributed by atoms with E-state index in [1.165, 1.54) is 0 Å². The topological polar surface area (TPSA) is 127 Å². The van der Waals surface area contributed by atoms with Gasteiger partial charge >= 0.3 is 11.9 Å². The highest BCUT2D eigenvalue weighted by molar-refractivity contribution is 5.73. The van der Waals surface area contributed by atoms with E-state index in [1.807, 2.05) is 13.8 Å². The van der Waals surface area contributed by atoms with Crippen LogP contribution in [-0.2, 0) is 9.59 Å². The molecular formula is C11H24N2O4. The molecule has 0 aliphatic carbocycles. The molecule has 0 aliphatic rings. The Morgan fingerprint density at radius 1 is 1.00 bits per heavy atom. The summed E-state index contributed by atoms with van der Waals surface area (Å²) >= 11 is 0. The summed E-state index contributed by atoms with van der Waals surface area (Å²) in [5.74, 6) is -1.75. The lowest BCUT2D eigenvalue weighted by Crippen LogP contribution is -2.36. The van der Waals surface area contributed by atoms with Crippen molar-refractivity contribution in [1.29, 1.82) is 0 Å². The molecule has 6 N–H and O–H groups in total. The summed E-state index contributed by atoms with van der Waals surface area (Å²) in [7, 11) is 0. The lowest BCUT2D eigenvalue weighted by atomic mass is 10.0. The van der Waals surface area contributed by atoms with Crippen LogP contribution in [0.15, 0.2) is 0 Å². The molecule has 0 heterocycles. The number of hydrogen-bond acceptors (Lipinski definition) is 4. The molecule has 6 heteroatoms. The lowest BCUT2D eigenvalue weighted by molar-refractivity contribution is -0.140. The van der Waals surface area contributed by atoms with E-state index in [0.29, 0.717) is 0 Å². The zero-order chi connectivity index (χ0) is 14.2. The van der Waals surface area contributed by atoms with Gasteiger partial charge in [-0.1, -0.05) is 34.1 Å². The summed E-state index contributed by atoms with van der Waals surface area (Å²) in [6.07, 6.45) is 0.813. The maximum atomic E-state index is 10.2. The predicted octanol–water partition coefficient (Wildman–Crippen LogP) is 0.499. The molecule has 0 aromatic carbocycles. The molecule has 0 saturated carbocycles. The fourth-order valence-electron chi connectivity index (χ4n) is 0.782. The zero-order valence-corrected chi connectivity index (χ0v) is 10.9. The van der Waals surface area contributed by atoms with Crippen molar-refractivity contribution < 1.29 is 19.8 Å². The first kappa shape index (κ1) is 18.2. The summed E-state index contributed by atoms with van der Waals surface area (Å²) < 4.78 is 0. The highest BCUT2D eigenvalue weighted by atomic mass is 16.4. The Labute approximate surface area is 102 Å². The Hall–Kier alpha value is -1.14. The number of carbonyl (C=O) groups is 2. The van der Waals surface area contributed by atoms with Crippen molar-refractivity contribution in [2.45, 2.75) is 46.2 Å². The third-order valence-electron chi connectivity index (χ3n) is 2.55. The van der Waals surface area contributed by atoms with Gasteiger partial charge in [0.25, 0.3) is 0 Å². The molecule has 0 aromatic rings. The van der Waals surface area contributed by atoms with E-state index in [0.717, 1.165) is 6.42 Å². The van der Waals surface area contributed by atoms with E-state index in [1.54, 1.807) is 13.8 Å². The standard InChI is InChI=1S/C6H13NO2.C5H11NO2/c1-3-4(2)5(7)6(8)9;1-3(2)4(6)5(7)8/h4-5H,3,7H2,1-2H3,(H,8,9);3-4H,6H2,1-2H3,(H,7,8). The molecule has 0 aromatic heterocycles. The van der Waals surface area contributed by atoms with E-state index in [2.05, 4.69) is 0 Å². The number of carboxylic acid groups (broad SMARTS) is 2. The average molecular weight is 248 g/mol. The van der Waals surface area contributed by atoms with Gasteiger partial charge in [0, 0.05) is 0 Å². The molecule has 0 bridgehead atoms. The Kier molecular flexibility index (Phi) is 9.60. The first-order valence-electron chi connectivity index (χ1n) is 5.61. The Bertz CT molecular complexity index is 244. The Morgan fingerprint density at radius 3 is 1.41 bits per heavy atom. The first-order valence-corrected chi connectivity index (χ1v) is 5.61. The summed E-state index contributed by atoms with van der Waals surface area (Å²) in [6, 6.07) is -1.41. The van der Waals surface area contributed by atoms with Crippen LogP contribution >= 0.6 is 0 Å². The van der Waals surface area contributed by atoms with Gasteiger partial charge in [0.15, 0.2) is 0 Å². The molecule has 0 radical (unpaired) electrons. The monoisotopic (exact) mass is 248 g/mol. The highest BCUT2D eigenvalue weighted by Crippen LogP contribution is 2.04. The van der Waals surface area contributed by atoms with E-state index in [4.69, 9.17) is 21.7 Å². The van der Waals surface area contributed by atoms with Gasteiger partial charge < -0.3 is 21.7 Å². The minimum Gasteiger partial charge on any atom is -0.480 e. The van der Waals surface area contributed by atoms with Crippen LogP contribution in [0.5, 0.6) is 0 Å². The molecule has 0 fully saturated rings. The Morgan fingerprint density at radius 2 is 1.35 bits per heavy atom. The van der Waals surface area contributed by atoms with Crippen molar-refractivity contribution in [2.24, 2.45) is 23.3 Å². The second-order valence-electron chi connectivity index (χ2n) is 4.36. The van der Waals surface area contributed by atoms with Crippen LogP contribution < -0.4 is 11.5 Å². The summed E-state index contributed by atoms with van der Waals surface area (Å²) in [5, 5.41) is 16.6. The SMILES string of the molecule is CC(C)C(N)C(=O)O.CCC(C)C(N)C(=O)O. The van der Waals surface area contributed by atoms with Crippen LogP contribution in [0.1, 0.15) is 34.1 Å². The molecule has 0 amide bonds. The number of nitrogens with two attached hydrogens (primary N) is 2. The van der Waals surface area contributed by atoms with Gasteiger partial charge in [-0.2, -0.15) is 0 Å². The molecule has 0 rings (SSSR count). The fourth-order valence-corrected chi connectivity index (χ4v) is 0.782. The summed E-state index contributed by atoms with van der Waals surface area (Å²) in [4.78, 5) is 20.2. The smallest absolute Gasteiger partial charge is 0.320 e. The normalized spacial score (nSPS) is 15.5. The Balaban J connectivity index is 0. The molecule has 0 aliphatic heterocycles. The molecule has 0 saturated heterocycles. The molecular weight excluding hydrogens is 224 g/mol. The maximum absolute atomic E-state index is 10.2. The number of carboxylic acids is 2. The van der Waals surface area contributed by atoms with Gasteiger partial charge in [0.2, 0.25) is 0 Å². The van der Waals surface area contributed by atoms with E-state index < -0.39 is 24.0 Å². The largest absolute Gasteiger partial charge is 0.480 e. The van der Waals surface area contributed by atoms with E-state index in [-0.39, 0.29) is 11.8 Å². The molecule has 3 unspecified atom stereocenters. The fraction of sp³-hybridized carbons (Fsp3) is 0.818. The van der Waals surface area contributed by atoms with Gasteiger partial charge in [0.05, 0.1) is 0 Å². The van der Waals surface area contributed by atoms with Gasteiger partial charge in [-0.05, 0) is 11.8 Å². The molecule has 3 atom stereocenters. The maximum Gasteiger partial charge on any atom is 0.320 e. The number of rotatable bonds is 5. The second-order valence-corrected chi connectivity index (χ2v) is 4.36. The van der Waals surface area contributed by atoms with Crippen LogP contribution in [-0.4, -0.2) is 34.2 Å². The predicted molar refractivity (Wildman–Crippen MR) is 65.5 cm³/mol. The first-order chi connectivity index (χ1) is 7.64. The molecule has 0 spiro atoms. The van der Waals surface area contributed by atoms with Crippen molar-refractivity contribution >= 4 is 11.9 Å². The van der Waals surface area contributed by atoms with E-state index >= 15 is 0 Å². The third-order valence-corrected chi connectivity index (χ3v) is 2.55. The van der Waals surface area contributed by atoms with Crippen molar-refractivity contribution in [3.63, 3.8) is 0 Å². The minimum absolute atomic E-state index is 0.0208. The lowest BCUT2D eigenvalue weighted by Gasteiger charge is -2.11. The molecule has 6 nitrogen and oxygen atoms in total. The van der Waals surface area contributed by atoms with Crippen molar-refractivity contribution in [2.75, 3.05) is 0 Å². The minimum atomic E-state index is -0.931. The van der Waals surface area contributed by atoms with Crippen LogP contribution in [0.3, 0.4) is 0 Å². The molecule has 102 valence electrons. The van der Waals surface area contributed by atoms with Crippen LogP contribution in [0.4, 0.5) is 0 Å². The van der Waals surface area contributed by atoms with Gasteiger partial charge in [0.1, 0.15) is 12.1 Å². The summed E-state index contributed by atoms with van der Waals surface area (Å²) in [6.45, 7) is 7.31. The van der Waals surface area contributed by atoms with E-state index in [9.17, 15) is 9.59 Å². The number of aliphatic carboxylic acids is 2. The second kappa shape index (κ2) is 8.95. The van der Waals surface area contributed by atoms with Gasteiger partial charge in [-0.25, -0.2) is 0 Å². The molecule has 17 heavy (non-hydrogen) atoms. The van der Waals surface area contributed by atoms with Crippen LogP contribution in [0.25, 0.3) is 0 Å². The highest BCUT2D eigenvalue weighted by Gasteiger charge is 2.17. The van der Waals surface area contributed by atoms with Crippen molar-refractivity contribution in [3.05, 3.63) is 0 Å². The zero-order valence-electron chi connectivity index (χ0n) is 10.9. The van der Waals surface area contributed by atoms with Crippen LogP contribution in [0.2, 0.25) is 0 Å². The summed E-state index contributed by atoms with van der Waals surface area (Å²) in [5.41, 5.74) is 10.4. The van der Waals surface area contributed by atoms with Crippen LogP contribution in [0, 0.1) is 11.8 Å². The third kappa shape index (κ3) is 8.65. The average Bonchev–Trinajstić information content (AvgIpc) is 2.26. The van der Waals surface area contributed by atoms with Crippen molar-refractivity contribution in [3.8, 4) is 0 Å². The quantitative estimate of drug-likeness (QED) is 0.561. The number of hydrogen-bond donors (Lipinski definition) is 4.